The lowest BCUT2D eigenvalue weighted by Gasteiger charge is -2.09. The van der Waals surface area contributed by atoms with Crippen LogP contribution in [0.1, 0.15) is 18.2 Å². The van der Waals surface area contributed by atoms with Crippen LogP contribution in [0.2, 0.25) is 0 Å². The molecule has 0 spiro atoms. The SMILES string of the molecule is CCOC(=O)Cc1cc(-c2ccccc2)cn1CCc1ccccc1. The Morgan fingerprint density at radius 3 is 2.32 bits per heavy atom. The van der Waals surface area contributed by atoms with Crippen molar-refractivity contribution < 1.29 is 9.53 Å². The summed E-state index contributed by atoms with van der Waals surface area (Å²) >= 11 is 0. The highest BCUT2D eigenvalue weighted by molar-refractivity contribution is 5.73. The molecule has 0 aliphatic heterocycles. The molecule has 0 amide bonds. The van der Waals surface area contributed by atoms with Crippen molar-refractivity contribution in [2.75, 3.05) is 6.61 Å². The van der Waals surface area contributed by atoms with Gasteiger partial charge in [-0.15, -0.1) is 0 Å². The molecule has 0 radical (unpaired) electrons. The van der Waals surface area contributed by atoms with E-state index in [-0.39, 0.29) is 5.97 Å². The average molecular weight is 333 g/mol. The smallest absolute Gasteiger partial charge is 0.311 e. The maximum atomic E-state index is 11.9. The summed E-state index contributed by atoms with van der Waals surface area (Å²) in [5.41, 5.74) is 4.58. The van der Waals surface area contributed by atoms with Gasteiger partial charge in [-0.3, -0.25) is 4.79 Å². The number of aryl methyl sites for hydroxylation is 2. The molecule has 25 heavy (non-hydrogen) atoms. The Kier molecular flexibility index (Phi) is 5.68. The third-order valence-electron chi connectivity index (χ3n) is 4.21. The molecule has 128 valence electrons. The van der Waals surface area contributed by atoms with Crippen molar-refractivity contribution in [1.82, 2.24) is 4.57 Å². The zero-order valence-corrected chi connectivity index (χ0v) is 14.5. The number of hydrogen-bond donors (Lipinski definition) is 0. The predicted molar refractivity (Wildman–Crippen MR) is 100 cm³/mol. The van der Waals surface area contributed by atoms with E-state index in [1.165, 1.54) is 5.56 Å². The molecule has 1 aromatic heterocycles. The van der Waals surface area contributed by atoms with E-state index in [1.54, 1.807) is 0 Å². The first kappa shape index (κ1) is 17.0. The number of rotatable bonds is 7. The summed E-state index contributed by atoms with van der Waals surface area (Å²) in [4.78, 5) is 11.9. The fourth-order valence-electron chi connectivity index (χ4n) is 2.95. The highest BCUT2D eigenvalue weighted by Crippen LogP contribution is 2.23. The maximum Gasteiger partial charge on any atom is 0.311 e. The quantitative estimate of drug-likeness (QED) is 0.596. The van der Waals surface area contributed by atoms with Crippen LogP contribution in [0.5, 0.6) is 0 Å². The zero-order valence-electron chi connectivity index (χ0n) is 14.5. The first-order chi connectivity index (χ1) is 12.3. The molecule has 0 bridgehead atoms. The summed E-state index contributed by atoms with van der Waals surface area (Å²) in [5, 5.41) is 0. The molecule has 3 rings (SSSR count). The van der Waals surface area contributed by atoms with Crippen molar-refractivity contribution in [3.05, 3.63) is 84.2 Å². The summed E-state index contributed by atoms with van der Waals surface area (Å²) in [7, 11) is 0. The molecule has 0 aliphatic carbocycles. The summed E-state index contributed by atoms with van der Waals surface area (Å²) in [6.45, 7) is 3.09. The lowest BCUT2D eigenvalue weighted by atomic mass is 10.1. The van der Waals surface area contributed by atoms with Gasteiger partial charge in [-0.1, -0.05) is 60.7 Å². The number of ether oxygens (including phenoxy) is 1. The molecule has 0 fully saturated rings. The topological polar surface area (TPSA) is 31.2 Å². The first-order valence-corrected chi connectivity index (χ1v) is 8.70. The van der Waals surface area contributed by atoms with Crippen LogP contribution in [-0.4, -0.2) is 17.1 Å². The Bertz CT molecular complexity index is 807. The van der Waals surface area contributed by atoms with Crippen LogP contribution < -0.4 is 0 Å². The number of nitrogens with zero attached hydrogens (tertiary/aromatic N) is 1. The van der Waals surface area contributed by atoms with Gasteiger partial charge in [-0.05, 0) is 36.1 Å². The minimum Gasteiger partial charge on any atom is -0.466 e. The van der Waals surface area contributed by atoms with Gasteiger partial charge in [0.05, 0.1) is 13.0 Å². The third kappa shape index (κ3) is 4.60. The van der Waals surface area contributed by atoms with Crippen LogP contribution in [0.15, 0.2) is 72.9 Å². The van der Waals surface area contributed by atoms with E-state index in [9.17, 15) is 4.79 Å². The highest BCUT2D eigenvalue weighted by atomic mass is 16.5. The largest absolute Gasteiger partial charge is 0.466 e. The van der Waals surface area contributed by atoms with Gasteiger partial charge in [0, 0.05) is 18.4 Å². The fourth-order valence-corrected chi connectivity index (χ4v) is 2.95. The molecule has 2 aromatic carbocycles. The molecule has 0 atom stereocenters. The fraction of sp³-hybridized carbons (Fsp3) is 0.227. The first-order valence-electron chi connectivity index (χ1n) is 8.70. The van der Waals surface area contributed by atoms with Gasteiger partial charge in [0.1, 0.15) is 0 Å². The number of aromatic nitrogens is 1. The van der Waals surface area contributed by atoms with Gasteiger partial charge in [0.2, 0.25) is 0 Å². The summed E-state index contributed by atoms with van der Waals surface area (Å²) in [6, 6.07) is 22.7. The number of hydrogen-bond acceptors (Lipinski definition) is 2. The number of carbonyl (C=O) groups is 1. The van der Waals surface area contributed by atoms with Crippen molar-refractivity contribution in [3.63, 3.8) is 0 Å². The van der Waals surface area contributed by atoms with Gasteiger partial charge < -0.3 is 9.30 Å². The molecular weight excluding hydrogens is 310 g/mol. The van der Waals surface area contributed by atoms with E-state index in [2.05, 4.69) is 53.2 Å². The van der Waals surface area contributed by atoms with Crippen LogP contribution in [-0.2, 0) is 28.9 Å². The zero-order chi connectivity index (χ0) is 17.5. The van der Waals surface area contributed by atoms with Gasteiger partial charge in [-0.25, -0.2) is 0 Å². The van der Waals surface area contributed by atoms with Crippen LogP contribution >= 0.6 is 0 Å². The van der Waals surface area contributed by atoms with Crippen LogP contribution in [0, 0.1) is 0 Å². The van der Waals surface area contributed by atoms with E-state index in [0.717, 1.165) is 29.8 Å². The van der Waals surface area contributed by atoms with E-state index in [0.29, 0.717) is 13.0 Å². The van der Waals surface area contributed by atoms with E-state index < -0.39 is 0 Å². The second-order valence-electron chi connectivity index (χ2n) is 6.00. The van der Waals surface area contributed by atoms with Crippen molar-refractivity contribution in [2.45, 2.75) is 26.3 Å². The molecule has 0 saturated heterocycles. The third-order valence-corrected chi connectivity index (χ3v) is 4.21. The molecule has 3 heteroatoms. The van der Waals surface area contributed by atoms with Crippen LogP contribution in [0.25, 0.3) is 11.1 Å². The molecule has 3 aromatic rings. The van der Waals surface area contributed by atoms with Crippen molar-refractivity contribution >= 4 is 5.97 Å². The van der Waals surface area contributed by atoms with Crippen molar-refractivity contribution in [1.29, 1.82) is 0 Å². The number of carbonyl (C=O) groups excluding carboxylic acids is 1. The molecule has 0 saturated carbocycles. The Hall–Kier alpha value is -2.81. The second-order valence-corrected chi connectivity index (χ2v) is 6.00. The minimum atomic E-state index is -0.179. The predicted octanol–water partition coefficient (Wildman–Crippen LogP) is 4.50. The number of esters is 1. The number of benzene rings is 2. The Morgan fingerprint density at radius 1 is 0.960 bits per heavy atom. The Morgan fingerprint density at radius 2 is 1.64 bits per heavy atom. The van der Waals surface area contributed by atoms with E-state index in [1.807, 2.05) is 31.2 Å². The van der Waals surface area contributed by atoms with Gasteiger partial charge in [0.25, 0.3) is 0 Å². The maximum absolute atomic E-state index is 11.9. The minimum absolute atomic E-state index is 0.179. The lowest BCUT2D eigenvalue weighted by Crippen LogP contribution is -2.12. The Labute approximate surface area is 148 Å². The van der Waals surface area contributed by atoms with E-state index >= 15 is 0 Å². The van der Waals surface area contributed by atoms with Crippen molar-refractivity contribution in [3.8, 4) is 11.1 Å². The van der Waals surface area contributed by atoms with Gasteiger partial charge >= 0.3 is 5.97 Å². The molecule has 0 unspecified atom stereocenters. The second kappa shape index (κ2) is 8.34. The lowest BCUT2D eigenvalue weighted by molar-refractivity contribution is -0.142. The molecular formula is C22H23NO2. The monoisotopic (exact) mass is 333 g/mol. The highest BCUT2D eigenvalue weighted by Gasteiger charge is 2.12. The van der Waals surface area contributed by atoms with Crippen LogP contribution in [0.4, 0.5) is 0 Å². The summed E-state index contributed by atoms with van der Waals surface area (Å²) in [5.74, 6) is -0.179. The van der Waals surface area contributed by atoms with Gasteiger partial charge in [0.15, 0.2) is 0 Å². The molecule has 3 nitrogen and oxygen atoms in total. The van der Waals surface area contributed by atoms with Gasteiger partial charge in [-0.2, -0.15) is 0 Å². The standard InChI is InChI=1S/C22H23NO2/c1-2-25-22(24)16-21-15-20(19-11-7-4-8-12-19)17-23(21)14-13-18-9-5-3-6-10-18/h3-12,15,17H,2,13-14,16H2,1H3. The summed E-state index contributed by atoms with van der Waals surface area (Å²) < 4.78 is 7.30. The van der Waals surface area contributed by atoms with Crippen molar-refractivity contribution in [2.24, 2.45) is 0 Å². The molecule has 0 N–H and O–H groups in total. The molecule has 0 aliphatic rings. The van der Waals surface area contributed by atoms with Crippen LogP contribution in [0.3, 0.4) is 0 Å². The summed E-state index contributed by atoms with van der Waals surface area (Å²) in [6.07, 6.45) is 3.36. The van der Waals surface area contributed by atoms with E-state index in [4.69, 9.17) is 4.74 Å². The normalized spacial score (nSPS) is 10.6. The Balaban J connectivity index is 1.83. The average Bonchev–Trinajstić information content (AvgIpc) is 3.04. The molecule has 1 heterocycles.